The molecular formula is C22H15ClF2N2O4S2. The van der Waals surface area contributed by atoms with Crippen LogP contribution in [-0.4, -0.2) is 29.5 Å². The van der Waals surface area contributed by atoms with Gasteiger partial charge in [0.15, 0.2) is 27.3 Å². The van der Waals surface area contributed by atoms with E-state index >= 15 is 0 Å². The van der Waals surface area contributed by atoms with E-state index in [1.165, 1.54) is 18.2 Å². The number of halogens is 3. The molecule has 0 aliphatic heterocycles. The van der Waals surface area contributed by atoms with Gasteiger partial charge in [-0.2, -0.15) is 0 Å². The van der Waals surface area contributed by atoms with Crippen LogP contribution in [-0.2, 0) is 21.1 Å². The number of nitrogens with zero attached hydrogens (tertiary/aromatic N) is 2. The summed E-state index contributed by atoms with van der Waals surface area (Å²) in [6.07, 6.45) is 0.533. The number of thiophene rings is 1. The van der Waals surface area contributed by atoms with E-state index in [1.807, 2.05) is 6.92 Å². The molecule has 0 bridgehead atoms. The summed E-state index contributed by atoms with van der Waals surface area (Å²) in [6, 6.07) is 9.39. The second-order valence-electron chi connectivity index (χ2n) is 7.38. The molecule has 0 fully saturated rings. The van der Waals surface area contributed by atoms with E-state index in [-0.39, 0.29) is 19.5 Å². The Labute approximate surface area is 196 Å². The molecule has 33 heavy (non-hydrogen) atoms. The number of hydrogen-bond acceptors (Lipinski definition) is 6. The van der Waals surface area contributed by atoms with Gasteiger partial charge in [0, 0.05) is 6.42 Å². The van der Waals surface area contributed by atoms with Crippen molar-refractivity contribution in [3.63, 3.8) is 0 Å². The van der Waals surface area contributed by atoms with Crippen LogP contribution in [0.3, 0.4) is 0 Å². The maximum Gasteiger partial charge on any atom is 0.265 e. The van der Waals surface area contributed by atoms with Crippen molar-refractivity contribution in [3.05, 3.63) is 86.2 Å². The van der Waals surface area contributed by atoms with Crippen LogP contribution < -0.4 is 5.56 Å². The smallest absolute Gasteiger partial charge is 0.265 e. The van der Waals surface area contributed by atoms with Crippen LogP contribution in [0.2, 0.25) is 4.34 Å². The topological polar surface area (TPSA) is 86.1 Å². The lowest BCUT2D eigenvalue weighted by molar-refractivity contribution is -0.116. The van der Waals surface area contributed by atoms with Crippen LogP contribution in [0.1, 0.15) is 11.1 Å². The number of Topliss-reactive ketones (excluding diaryl/α,β-unsaturated/α-hetero) is 1. The third-order valence-electron chi connectivity index (χ3n) is 4.84. The van der Waals surface area contributed by atoms with Gasteiger partial charge in [0.2, 0.25) is 0 Å². The van der Waals surface area contributed by atoms with E-state index in [0.29, 0.717) is 5.52 Å². The highest BCUT2D eigenvalue weighted by Crippen LogP contribution is 2.27. The average molecular weight is 509 g/mol. The minimum Gasteiger partial charge on any atom is -0.298 e. The largest absolute Gasteiger partial charge is 0.298 e. The monoisotopic (exact) mass is 508 g/mol. The summed E-state index contributed by atoms with van der Waals surface area (Å²) < 4.78 is 55.3. The first kappa shape index (κ1) is 23.2. The lowest BCUT2D eigenvalue weighted by Gasteiger charge is -2.11. The number of hydrogen-bond donors (Lipinski definition) is 0. The fourth-order valence-corrected chi connectivity index (χ4v) is 6.18. The summed E-state index contributed by atoms with van der Waals surface area (Å²) in [5.74, 6) is -3.74. The summed E-state index contributed by atoms with van der Waals surface area (Å²) in [7, 11) is -3.92. The molecule has 6 nitrogen and oxygen atoms in total. The Morgan fingerprint density at radius 2 is 1.82 bits per heavy atom. The van der Waals surface area contributed by atoms with Crippen molar-refractivity contribution in [3.8, 4) is 5.69 Å². The van der Waals surface area contributed by atoms with Crippen LogP contribution in [0.4, 0.5) is 8.78 Å². The predicted octanol–water partition coefficient (Wildman–Crippen LogP) is 4.27. The average Bonchev–Trinajstić information content (AvgIpc) is 3.16. The highest BCUT2D eigenvalue weighted by atomic mass is 35.5. The molecule has 0 aliphatic carbocycles. The van der Waals surface area contributed by atoms with Crippen molar-refractivity contribution in [2.24, 2.45) is 0 Å². The first-order valence-electron chi connectivity index (χ1n) is 9.51. The van der Waals surface area contributed by atoms with Gasteiger partial charge in [-0.1, -0.05) is 17.7 Å². The van der Waals surface area contributed by atoms with Gasteiger partial charge in [-0.05, 0) is 54.4 Å². The second kappa shape index (κ2) is 8.77. The van der Waals surface area contributed by atoms with Crippen LogP contribution in [0.15, 0.2) is 57.8 Å². The zero-order valence-electron chi connectivity index (χ0n) is 17.0. The van der Waals surface area contributed by atoms with Crippen LogP contribution >= 0.6 is 22.9 Å². The van der Waals surface area contributed by atoms with Crippen molar-refractivity contribution in [2.75, 3.05) is 5.75 Å². The molecule has 170 valence electrons. The molecule has 4 rings (SSSR count). The number of benzene rings is 2. The lowest BCUT2D eigenvalue weighted by atomic mass is 10.1. The van der Waals surface area contributed by atoms with E-state index in [9.17, 15) is 26.8 Å². The number of ketones is 1. The summed E-state index contributed by atoms with van der Waals surface area (Å²) in [5, 5.41) is 0.194. The van der Waals surface area contributed by atoms with Gasteiger partial charge < -0.3 is 0 Å². The third-order valence-corrected chi connectivity index (χ3v) is 8.33. The Morgan fingerprint density at radius 3 is 2.45 bits per heavy atom. The normalized spacial score (nSPS) is 11.8. The quantitative estimate of drug-likeness (QED) is 0.388. The lowest BCUT2D eigenvalue weighted by Crippen LogP contribution is -2.22. The zero-order chi connectivity index (χ0) is 23.9. The molecule has 0 spiro atoms. The Bertz CT molecular complexity index is 1560. The number of aromatic nitrogens is 2. The minimum atomic E-state index is -3.92. The number of rotatable bonds is 6. The molecule has 0 N–H and O–H groups in total. The fourth-order valence-electron chi connectivity index (χ4n) is 3.37. The van der Waals surface area contributed by atoms with E-state index in [2.05, 4.69) is 4.98 Å². The number of sulfone groups is 1. The minimum absolute atomic E-state index is 0.0596. The van der Waals surface area contributed by atoms with Gasteiger partial charge in [0.25, 0.3) is 5.56 Å². The summed E-state index contributed by atoms with van der Waals surface area (Å²) >= 11 is 6.56. The van der Waals surface area contributed by atoms with Crippen molar-refractivity contribution in [2.45, 2.75) is 17.6 Å². The molecular weight excluding hydrogens is 494 g/mol. The summed E-state index contributed by atoms with van der Waals surface area (Å²) in [6.45, 7) is 1.83. The first-order valence-corrected chi connectivity index (χ1v) is 12.4. The molecule has 4 aromatic rings. The molecule has 2 heterocycles. The number of carbonyl (C=O) groups excluding carboxylic acids is 1. The summed E-state index contributed by atoms with van der Waals surface area (Å²) in [4.78, 5) is 29.2. The number of fused-ring (bicyclic) bond motifs is 1. The van der Waals surface area contributed by atoms with Crippen LogP contribution in [0.25, 0.3) is 16.6 Å². The number of carbonyl (C=O) groups is 1. The van der Waals surface area contributed by atoms with Crippen molar-refractivity contribution < 1.29 is 22.0 Å². The van der Waals surface area contributed by atoms with Gasteiger partial charge in [0.05, 0.1) is 15.2 Å². The summed E-state index contributed by atoms with van der Waals surface area (Å²) in [5.41, 5.74) is -0.0693. The van der Waals surface area contributed by atoms with Gasteiger partial charge >= 0.3 is 0 Å². The number of aryl methyl sites for hydroxylation is 1. The molecule has 11 heteroatoms. The molecule has 0 saturated carbocycles. The Balaban J connectivity index is 1.62. The Kier molecular flexibility index (Phi) is 6.17. The molecule has 0 aliphatic rings. The fraction of sp³-hybridized carbons (Fsp3) is 0.136. The molecule has 0 amide bonds. The van der Waals surface area contributed by atoms with Crippen molar-refractivity contribution in [1.82, 2.24) is 9.55 Å². The molecule has 2 aromatic heterocycles. The van der Waals surface area contributed by atoms with E-state index < -0.39 is 50.7 Å². The SMILES string of the molecule is Cc1ccc2c(=O)n(-c3c(F)cc(CC(=O)CS(=O)(=O)c4ccc(Cl)s4)cc3F)cnc2c1. The maximum absolute atomic E-state index is 14.8. The van der Waals surface area contributed by atoms with Crippen LogP contribution in [0.5, 0.6) is 0 Å². The zero-order valence-corrected chi connectivity index (χ0v) is 19.4. The Hall–Kier alpha value is -2.95. The molecule has 2 aromatic carbocycles. The highest BCUT2D eigenvalue weighted by Gasteiger charge is 2.23. The molecule has 0 radical (unpaired) electrons. The van der Waals surface area contributed by atoms with E-state index in [1.54, 1.807) is 12.1 Å². The van der Waals surface area contributed by atoms with Crippen molar-refractivity contribution >= 4 is 49.5 Å². The molecule has 0 unspecified atom stereocenters. The van der Waals surface area contributed by atoms with Crippen LogP contribution in [0, 0.1) is 18.6 Å². The molecule has 0 atom stereocenters. The first-order chi connectivity index (χ1) is 15.5. The van der Waals surface area contributed by atoms with Gasteiger partial charge in [-0.15, -0.1) is 11.3 Å². The predicted molar refractivity (Wildman–Crippen MR) is 122 cm³/mol. The van der Waals surface area contributed by atoms with Gasteiger partial charge in [-0.25, -0.2) is 22.2 Å². The second-order valence-corrected chi connectivity index (χ2v) is 11.3. The Morgan fingerprint density at radius 1 is 1.12 bits per heavy atom. The maximum atomic E-state index is 14.8. The third kappa shape index (κ3) is 4.73. The van der Waals surface area contributed by atoms with Gasteiger partial charge in [0.1, 0.15) is 22.0 Å². The molecule has 0 saturated heterocycles. The standard InChI is InChI=1S/C22H15ClF2N2O4S2/c1-12-2-3-15-18(6-12)26-11-27(22(15)29)21-16(24)8-13(9-17(21)25)7-14(28)10-33(30,31)20-5-4-19(23)32-20/h2-6,8-9,11H,7,10H2,1H3. The van der Waals surface area contributed by atoms with Crippen molar-refractivity contribution in [1.29, 1.82) is 0 Å². The van der Waals surface area contributed by atoms with E-state index in [4.69, 9.17) is 11.6 Å². The van der Waals surface area contributed by atoms with E-state index in [0.717, 1.165) is 39.9 Å². The highest BCUT2D eigenvalue weighted by molar-refractivity contribution is 7.94. The van der Waals surface area contributed by atoms with Gasteiger partial charge in [-0.3, -0.25) is 14.2 Å².